The van der Waals surface area contributed by atoms with E-state index in [0.717, 1.165) is 13.0 Å². The van der Waals surface area contributed by atoms with Crippen LogP contribution in [0.5, 0.6) is 0 Å². The molecule has 104 valence electrons. The first kappa shape index (κ1) is 13.7. The van der Waals surface area contributed by atoms with Gasteiger partial charge in [0.25, 0.3) is 0 Å². The quantitative estimate of drug-likeness (QED) is 0.908. The number of alkyl halides is 3. The molecule has 2 aromatic rings. The van der Waals surface area contributed by atoms with E-state index in [9.17, 15) is 13.2 Å². The minimum absolute atomic E-state index is 0.130. The Balaban J connectivity index is 1.87. The number of aliphatic hydroxyl groups is 1. The van der Waals surface area contributed by atoms with E-state index in [-0.39, 0.29) is 5.56 Å². The van der Waals surface area contributed by atoms with Crippen molar-refractivity contribution in [2.75, 3.05) is 0 Å². The summed E-state index contributed by atoms with van der Waals surface area (Å²) in [5, 5.41) is 9.10. The molecule has 1 unspecified atom stereocenters. The molecule has 0 aromatic carbocycles. The zero-order valence-corrected chi connectivity index (χ0v) is 10.1. The molecule has 1 atom stereocenters. The normalized spacial score (nSPS) is 13.7. The fourth-order valence-corrected chi connectivity index (χ4v) is 1.80. The smallest absolute Gasteiger partial charge is 0.379 e. The highest BCUT2D eigenvalue weighted by Crippen LogP contribution is 2.32. The number of aromatic nitrogens is 3. The Kier molecular flexibility index (Phi) is 3.94. The molecule has 19 heavy (non-hydrogen) atoms. The highest BCUT2D eigenvalue weighted by atomic mass is 19.4. The number of halogens is 3. The third-order valence-corrected chi connectivity index (χ3v) is 2.79. The number of nitrogens with zero attached hydrogens (tertiary/aromatic N) is 3. The van der Waals surface area contributed by atoms with E-state index in [4.69, 9.17) is 5.11 Å². The SMILES string of the molecule is OC(c1ccn(CCCn2ccnc2)c1)C(F)(F)F. The van der Waals surface area contributed by atoms with Crippen molar-refractivity contribution in [2.24, 2.45) is 0 Å². The molecule has 0 aliphatic rings. The molecule has 7 heteroatoms. The van der Waals surface area contributed by atoms with Crippen molar-refractivity contribution in [3.63, 3.8) is 0 Å². The molecule has 0 spiro atoms. The summed E-state index contributed by atoms with van der Waals surface area (Å²) in [6.45, 7) is 1.33. The molecule has 0 saturated carbocycles. The summed E-state index contributed by atoms with van der Waals surface area (Å²) in [6.07, 6.45) is 1.79. The van der Waals surface area contributed by atoms with Crippen LogP contribution < -0.4 is 0 Å². The second-order valence-corrected chi connectivity index (χ2v) is 4.28. The van der Waals surface area contributed by atoms with E-state index in [1.807, 2.05) is 10.8 Å². The van der Waals surface area contributed by atoms with Crippen LogP contribution in [-0.2, 0) is 13.1 Å². The van der Waals surface area contributed by atoms with Gasteiger partial charge < -0.3 is 14.2 Å². The molecule has 0 amide bonds. The maximum Gasteiger partial charge on any atom is 0.418 e. The molecule has 0 aliphatic carbocycles. The standard InChI is InChI=1S/C12H14F3N3O/c13-12(14,15)11(19)10-2-6-17(8-10)4-1-5-18-7-3-16-9-18/h2-3,6-9,11,19H,1,4-5H2. The lowest BCUT2D eigenvalue weighted by Gasteiger charge is -2.12. The summed E-state index contributed by atoms with van der Waals surface area (Å²) in [7, 11) is 0. The zero-order chi connectivity index (χ0) is 13.9. The van der Waals surface area contributed by atoms with E-state index in [0.29, 0.717) is 6.54 Å². The summed E-state index contributed by atoms with van der Waals surface area (Å²) in [6, 6.07) is 1.29. The lowest BCUT2D eigenvalue weighted by molar-refractivity contribution is -0.206. The summed E-state index contributed by atoms with van der Waals surface area (Å²) < 4.78 is 40.5. The third kappa shape index (κ3) is 3.60. The van der Waals surface area contributed by atoms with Crippen LogP contribution >= 0.6 is 0 Å². The number of hydrogen-bond donors (Lipinski definition) is 1. The molecular formula is C12H14F3N3O. The summed E-state index contributed by atoms with van der Waals surface area (Å²) in [5.74, 6) is 0. The lowest BCUT2D eigenvalue weighted by atomic mass is 10.2. The highest BCUT2D eigenvalue weighted by Gasteiger charge is 2.39. The van der Waals surface area contributed by atoms with Gasteiger partial charge in [0.15, 0.2) is 6.10 Å². The van der Waals surface area contributed by atoms with Crippen LogP contribution in [0.25, 0.3) is 0 Å². The summed E-state index contributed by atoms with van der Waals surface area (Å²) in [5.41, 5.74) is -0.130. The van der Waals surface area contributed by atoms with Gasteiger partial charge in [-0.25, -0.2) is 4.98 Å². The largest absolute Gasteiger partial charge is 0.418 e. The first-order valence-corrected chi connectivity index (χ1v) is 5.83. The van der Waals surface area contributed by atoms with Crippen LogP contribution in [0.3, 0.4) is 0 Å². The van der Waals surface area contributed by atoms with E-state index >= 15 is 0 Å². The Morgan fingerprint density at radius 1 is 1.21 bits per heavy atom. The second-order valence-electron chi connectivity index (χ2n) is 4.28. The zero-order valence-electron chi connectivity index (χ0n) is 10.1. The van der Waals surface area contributed by atoms with Crippen molar-refractivity contribution in [1.29, 1.82) is 0 Å². The van der Waals surface area contributed by atoms with Gasteiger partial charge in [-0.1, -0.05) is 0 Å². The molecule has 2 aromatic heterocycles. The van der Waals surface area contributed by atoms with Crippen molar-refractivity contribution in [2.45, 2.75) is 31.8 Å². The maximum absolute atomic E-state index is 12.3. The monoisotopic (exact) mass is 273 g/mol. The number of aryl methyl sites for hydroxylation is 2. The minimum Gasteiger partial charge on any atom is -0.379 e. The predicted octanol–water partition coefficient (Wildman–Crippen LogP) is 2.37. The van der Waals surface area contributed by atoms with Gasteiger partial charge in [0.2, 0.25) is 0 Å². The lowest BCUT2D eigenvalue weighted by Crippen LogP contribution is -2.19. The minimum atomic E-state index is -4.62. The summed E-state index contributed by atoms with van der Waals surface area (Å²) in [4.78, 5) is 3.90. The maximum atomic E-state index is 12.3. The molecule has 2 heterocycles. The van der Waals surface area contributed by atoms with E-state index < -0.39 is 12.3 Å². The second kappa shape index (κ2) is 5.48. The Hall–Kier alpha value is -1.76. The van der Waals surface area contributed by atoms with Gasteiger partial charge in [-0.2, -0.15) is 13.2 Å². The van der Waals surface area contributed by atoms with E-state index in [1.165, 1.54) is 18.5 Å². The van der Waals surface area contributed by atoms with Crippen LogP contribution in [0.4, 0.5) is 13.2 Å². The highest BCUT2D eigenvalue weighted by molar-refractivity contribution is 5.15. The Morgan fingerprint density at radius 2 is 1.95 bits per heavy atom. The summed E-state index contributed by atoms with van der Waals surface area (Å²) >= 11 is 0. The average molecular weight is 273 g/mol. The molecule has 0 radical (unpaired) electrons. The number of aliphatic hydroxyl groups excluding tert-OH is 1. The van der Waals surface area contributed by atoms with Crippen molar-refractivity contribution in [1.82, 2.24) is 14.1 Å². The number of hydrogen-bond acceptors (Lipinski definition) is 2. The molecule has 0 fully saturated rings. The fraction of sp³-hybridized carbons (Fsp3) is 0.417. The first-order chi connectivity index (χ1) is 8.97. The topological polar surface area (TPSA) is 43.0 Å². The van der Waals surface area contributed by atoms with Crippen molar-refractivity contribution in [3.8, 4) is 0 Å². The molecular weight excluding hydrogens is 259 g/mol. The van der Waals surface area contributed by atoms with Gasteiger partial charge in [0, 0.05) is 43.4 Å². The van der Waals surface area contributed by atoms with Gasteiger partial charge in [0.1, 0.15) is 0 Å². The molecule has 0 saturated heterocycles. The average Bonchev–Trinajstić information content (AvgIpc) is 2.97. The van der Waals surface area contributed by atoms with Crippen LogP contribution in [0.2, 0.25) is 0 Å². The predicted molar refractivity (Wildman–Crippen MR) is 62.3 cm³/mol. The van der Waals surface area contributed by atoms with Gasteiger partial charge in [0.05, 0.1) is 6.33 Å². The van der Waals surface area contributed by atoms with Crippen molar-refractivity contribution < 1.29 is 18.3 Å². The fourth-order valence-electron chi connectivity index (χ4n) is 1.80. The van der Waals surface area contributed by atoms with Crippen molar-refractivity contribution in [3.05, 3.63) is 42.7 Å². The van der Waals surface area contributed by atoms with Gasteiger partial charge >= 0.3 is 6.18 Å². The van der Waals surface area contributed by atoms with Crippen LogP contribution in [-0.4, -0.2) is 25.4 Å². The van der Waals surface area contributed by atoms with Crippen LogP contribution in [0.1, 0.15) is 18.1 Å². The Morgan fingerprint density at radius 3 is 2.58 bits per heavy atom. The number of rotatable bonds is 5. The van der Waals surface area contributed by atoms with Gasteiger partial charge in [-0.3, -0.25) is 0 Å². The van der Waals surface area contributed by atoms with E-state index in [1.54, 1.807) is 17.1 Å². The van der Waals surface area contributed by atoms with Gasteiger partial charge in [-0.15, -0.1) is 0 Å². The molecule has 1 N–H and O–H groups in total. The first-order valence-electron chi connectivity index (χ1n) is 5.83. The van der Waals surface area contributed by atoms with Gasteiger partial charge in [-0.05, 0) is 12.5 Å². The Labute approximate surface area is 108 Å². The molecule has 0 aliphatic heterocycles. The molecule has 4 nitrogen and oxygen atoms in total. The third-order valence-electron chi connectivity index (χ3n) is 2.79. The van der Waals surface area contributed by atoms with Crippen molar-refractivity contribution >= 4 is 0 Å². The number of imidazole rings is 1. The Bertz CT molecular complexity index is 505. The van der Waals surface area contributed by atoms with E-state index in [2.05, 4.69) is 4.98 Å². The van der Waals surface area contributed by atoms with Crippen LogP contribution in [0, 0.1) is 0 Å². The van der Waals surface area contributed by atoms with Crippen LogP contribution in [0.15, 0.2) is 37.2 Å². The molecule has 0 bridgehead atoms. The molecule has 2 rings (SSSR count).